The van der Waals surface area contributed by atoms with Gasteiger partial charge in [-0.15, -0.1) is 0 Å². The molecule has 4 rings (SSSR count). The van der Waals surface area contributed by atoms with E-state index in [4.69, 9.17) is 28.5 Å². The first-order chi connectivity index (χ1) is 21.8. The van der Waals surface area contributed by atoms with Crippen molar-refractivity contribution in [2.45, 2.75) is 71.2 Å². The third kappa shape index (κ3) is 6.87. The Balaban J connectivity index is 1.70. The Hall–Kier alpha value is -5.20. The molecule has 19 heteroatoms. The van der Waals surface area contributed by atoms with Gasteiger partial charge in [0.15, 0.2) is 17.3 Å². The number of ether oxygens (including phenoxy) is 6. The van der Waals surface area contributed by atoms with E-state index in [2.05, 4.69) is 20.0 Å². The SMILES string of the molecule is COC(=O)N[C@H](CCc1c(C)nc2n(C)c3c(ncn3O[C@@H]3O[C@H](COC(C)=O)[C@@H](OC(C)=O)[C@H]3OC(C)=O)c(=O)n12)C(=O)OC. The lowest BCUT2D eigenvalue weighted by Gasteiger charge is -2.23. The van der Waals surface area contributed by atoms with E-state index < -0.39 is 66.2 Å². The molecule has 1 N–H and O–H groups in total. The van der Waals surface area contributed by atoms with E-state index in [9.17, 15) is 28.8 Å². The van der Waals surface area contributed by atoms with Gasteiger partial charge in [-0.05, 0) is 19.8 Å². The molecular weight excluding hydrogens is 616 g/mol. The second-order valence-electron chi connectivity index (χ2n) is 10.2. The van der Waals surface area contributed by atoms with E-state index in [1.165, 1.54) is 29.3 Å². The molecular formula is C27H34N6O13. The van der Waals surface area contributed by atoms with Crippen LogP contribution in [0.2, 0.25) is 0 Å². The fourth-order valence-corrected chi connectivity index (χ4v) is 5.09. The van der Waals surface area contributed by atoms with Gasteiger partial charge in [-0.1, -0.05) is 0 Å². The maximum atomic E-state index is 13.8. The fraction of sp³-hybridized carbons (Fsp3) is 0.556. The van der Waals surface area contributed by atoms with Crippen molar-refractivity contribution in [1.82, 2.24) is 29.0 Å². The maximum absolute atomic E-state index is 13.8. The van der Waals surface area contributed by atoms with Crippen LogP contribution in [-0.2, 0) is 61.1 Å². The first-order valence-electron chi connectivity index (χ1n) is 13.9. The van der Waals surface area contributed by atoms with Gasteiger partial charge in [0.2, 0.25) is 11.9 Å². The van der Waals surface area contributed by atoms with Gasteiger partial charge in [0, 0.05) is 27.8 Å². The smallest absolute Gasteiger partial charge is 0.407 e. The highest BCUT2D eigenvalue weighted by molar-refractivity contribution is 5.81. The predicted molar refractivity (Wildman–Crippen MR) is 151 cm³/mol. The van der Waals surface area contributed by atoms with E-state index in [0.29, 0.717) is 11.4 Å². The van der Waals surface area contributed by atoms with Crippen LogP contribution in [0.5, 0.6) is 0 Å². The van der Waals surface area contributed by atoms with E-state index in [0.717, 1.165) is 25.7 Å². The van der Waals surface area contributed by atoms with Crippen LogP contribution >= 0.6 is 0 Å². The topological polar surface area (TPSA) is 219 Å². The number of methoxy groups -OCH3 is 2. The molecule has 3 aromatic rings. The van der Waals surface area contributed by atoms with Crippen molar-refractivity contribution in [1.29, 1.82) is 0 Å². The van der Waals surface area contributed by atoms with Gasteiger partial charge in [-0.25, -0.2) is 24.0 Å². The van der Waals surface area contributed by atoms with E-state index in [-0.39, 0.29) is 36.4 Å². The van der Waals surface area contributed by atoms with E-state index in [1.807, 2.05) is 0 Å². The van der Waals surface area contributed by atoms with Crippen molar-refractivity contribution in [2.24, 2.45) is 7.05 Å². The summed E-state index contributed by atoms with van der Waals surface area (Å²) in [7, 11) is 3.94. The highest BCUT2D eigenvalue weighted by Crippen LogP contribution is 2.28. The van der Waals surface area contributed by atoms with Gasteiger partial charge >= 0.3 is 30.0 Å². The molecule has 0 radical (unpaired) electrons. The Morgan fingerprint density at radius 2 is 1.70 bits per heavy atom. The molecule has 1 fully saturated rings. The molecule has 0 aliphatic carbocycles. The molecule has 0 aromatic carbocycles. The normalized spacial score (nSPS) is 19.8. The average Bonchev–Trinajstić information content (AvgIpc) is 3.66. The number of alkyl carbamates (subject to hydrolysis) is 1. The summed E-state index contributed by atoms with van der Waals surface area (Å²) in [5.74, 6) is -2.56. The van der Waals surface area contributed by atoms with Gasteiger partial charge < -0.3 is 38.6 Å². The van der Waals surface area contributed by atoms with Crippen molar-refractivity contribution < 1.29 is 57.2 Å². The molecule has 0 bridgehead atoms. The van der Waals surface area contributed by atoms with Gasteiger partial charge in [0.1, 0.15) is 25.1 Å². The maximum Gasteiger partial charge on any atom is 0.407 e. The van der Waals surface area contributed by atoms with E-state index in [1.54, 1.807) is 14.0 Å². The van der Waals surface area contributed by atoms with Crippen LogP contribution < -0.4 is 15.7 Å². The van der Waals surface area contributed by atoms with Crippen LogP contribution in [0.25, 0.3) is 16.9 Å². The van der Waals surface area contributed by atoms with Gasteiger partial charge in [-0.2, -0.15) is 4.73 Å². The number of amides is 1. The van der Waals surface area contributed by atoms with Crippen molar-refractivity contribution in [3.63, 3.8) is 0 Å². The molecule has 1 amide bonds. The summed E-state index contributed by atoms with van der Waals surface area (Å²) in [5.41, 5.74) is 0.472. The second kappa shape index (κ2) is 13.8. The number of aromatic nitrogens is 5. The monoisotopic (exact) mass is 650 g/mol. The van der Waals surface area contributed by atoms with Gasteiger partial charge in [0.25, 0.3) is 11.8 Å². The van der Waals surface area contributed by atoms with Gasteiger partial charge in [-0.3, -0.25) is 23.7 Å². The van der Waals surface area contributed by atoms with E-state index >= 15 is 0 Å². The quantitative estimate of drug-likeness (QED) is 0.196. The lowest BCUT2D eigenvalue weighted by atomic mass is 10.1. The van der Waals surface area contributed by atoms with Crippen LogP contribution in [0.3, 0.4) is 0 Å². The molecule has 19 nitrogen and oxygen atoms in total. The molecule has 5 atom stereocenters. The highest BCUT2D eigenvalue weighted by atomic mass is 16.8. The van der Waals surface area contributed by atoms with Crippen LogP contribution in [-0.4, -0.2) is 105 Å². The molecule has 46 heavy (non-hydrogen) atoms. The lowest BCUT2D eigenvalue weighted by molar-refractivity contribution is -0.189. The summed E-state index contributed by atoms with van der Waals surface area (Å²) in [6, 6.07) is -1.06. The van der Waals surface area contributed by atoms with Crippen LogP contribution in [0.1, 0.15) is 38.6 Å². The number of carbonyl (C=O) groups is 5. The Morgan fingerprint density at radius 1 is 1.02 bits per heavy atom. The Bertz CT molecular complexity index is 1730. The Kier molecular flexibility index (Phi) is 10.1. The number of rotatable bonds is 11. The zero-order valence-corrected chi connectivity index (χ0v) is 26.1. The third-order valence-electron chi connectivity index (χ3n) is 7.06. The number of nitrogens with zero attached hydrogens (tertiary/aromatic N) is 5. The minimum Gasteiger partial charge on any atom is -0.467 e. The number of nitrogens with one attached hydrogen (secondary N) is 1. The van der Waals surface area contributed by atoms with Crippen LogP contribution in [0, 0.1) is 6.92 Å². The summed E-state index contributed by atoms with van der Waals surface area (Å²) >= 11 is 0. The second-order valence-corrected chi connectivity index (χ2v) is 10.2. The molecule has 0 saturated carbocycles. The van der Waals surface area contributed by atoms with Crippen molar-refractivity contribution in [3.8, 4) is 0 Å². The highest BCUT2D eigenvalue weighted by Gasteiger charge is 2.52. The number of esters is 4. The first-order valence-corrected chi connectivity index (χ1v) is 13.9. The summed E-state index contributed by atoms with van der Waals surface area (Å²) in [4.78, 5) is 87.8. The average molecular weight is 651 g/mol. The van der Waals surface area contributed by atoms with Crippen molar-refractivity contribution >= 4 is 46.9 Å². The third-order valence-corrected chi connectivity index (χ3v) is 7.06. The number of fused-ring (bicyclic) bond motifs is 2. The Labute approximate surface area is 260 Å². The molecule has 3 aromatic heterocycles. The fourth-order valence-electron chi connectivity index (χ4n) is 5.09. The molecule has 1 saturated heterocycles. The van der Waals surface area contributed by atoms with Gasteiger partial charge in [0.05, 0.1) is 25.6 Å². The number of imidazole rings is 2. The van der Waals surface area contributed by atoms with Crippen molar-refractivity contribution in [3.05, 3.63) is 28.1 Å². The largest absolute Gasteiger partial charge is 0.467 e. The first kappa shape index (κ1) is 33.7. The summed E-state index contributed by atoms with van der Waals surface area (Å²) in [6.45, 7) is 4.83. The zero-order chi connectivity index (χ0) is 33.9. The van der Waals surface area contributed by atoms with Crippen molar-refractivity contribution in [2.75, 3.05) is 20.8 Å². The molecule has 250 valence electrons. The zero-order valence-electron chi connectivity index (χ0n) is 26.1. The molecule has 1 aliphatic heterocycles. The molecule has 4 heterocycles. The van der Waals surface area contributed by atoms with Crippen LogP contribution in [0.4, 0.5) is 4.79 Å². The standard InChI is InChI=1S/C27H34N6O13/c1-12-17(9-8-16(24(38)40-6)30-27(39)41-7)33-23(37)19-22(31(5)26(33)29-12)32(11-28-19)46-25-21(44-15(4)36)20(43-14(3)35)18(45-25)10-42-13(2)34/h11,16,18,20-21,25H,8-10H2,1-7H3,(H,30,39)/t16-,18-,20-,21-,25+/m1/s1. The van der Waals surface area contributed by atoms with Crippen LogP contribution in [0.15, 0.2) is 11.1 Å². The number of hydrogen-bond donors (Lipinski definition) is 1. The minimum absolute atomic E-state index is 0.0408. The summed E-state index contributed by atoms with van der Waals surface area (Å²) in [5, 5.41) is 2.41. The lowest BCUT2D eigenvalue weighted by Crippen LogP contribution is -2.43. The Morgan fingerprint density at radius 3 is 2.30 bits per heavy atom. The molecule has 0 spiro atoms. The predicted octanol–water partition coefficient (Wildman–Crippen LogP) is -0.899. The molecule has 0 unspecified atom stereocenters. The number of carbonyl (C=O) groups excluding carboxylic acids is 5. The number of aryl methyl sites for hydroxylation is 3. The summed E-state index contributed by atoms with van der Waals surface area (Å²) in [6.07, 6.45) is -4.38. The molecule has 1 aliphatic rings. The minimum atomic E-state index is -1.40. The summed E-state index contributed by atoms with van der Waals surface area (Å²) < 4.78 is 35.0. The number of hydrogen-bond acceptors (Lipinski definition) is 15.